The molecule has 1 saturated heterocycles. The SMILES string of the molecule is C/C=C/C(=O)O[C@@H]1C[C@@H]2O[C@@H]2[C@H](O)[C@]2(C)CC[C@](O)(C(C)C)[C@@]12C. The number of carbonyl (C=O) groups is 1. The Morgan fingerprint density at radius 1 is 1.33 bits per heavy atom. The van der Waals surface area contributed by atoms with Crippen LogP contribution in [0.3, 0.4) is 0 Å². The molecule has 2 aliphatic carbocycles. The highest BCUT2D eigenvalue weighted by Gasteiger charge is 2.74. The molecule has 3 rings (SSSR count). The Bertz CT molecular complexity index is 558. The number of allylic oxidation sites excluding steroid dienone is 1. The zero-order valence-corrected chi connectivity index (χ0v) is 15.3. The third-order valence-electron chi connectivity index (χ3n) is 7.30. The van der Waals surface area contributed by atoms with Crippen LogP contribution in [0.2, 0.25) is 0 Å². The molecule has 0 spiro atoms. The Labute approximate surface area is 144 Å². The van der Waals surface area contributed by atoms with Crippen LogP contribution in [0.1, 0.15) is 53.9 Å². The van der Waals surface area contributed by atoms with Gasteiger partial charge in [0.25, 0.3) is 0 Å². The summed E-state index contributed by atoms with van der Waals surface area (Å²) >= 11 is 0. The molecule has 5 nitrogen and oxygen atoms in total. The number of hydrogen-bond acceptors (Lipinski definition) is 5. The number of epoxide rings is 1. The summed E-state index contributed by atoms with van der Waals surface area (Å²) in [7, 11) is 0. The second kappa shape index (κ2) is 5.55. The van der Waals surface area contributed by atoms with Gasteiger partial charge in [0, 0.05) is 23.3 Å². The fraction of sp³-hybridized carbons (Fsp3) is 0.842. The first-order valence-corrected chi connectivity index (χ1v) is 9.01. The lowest BCUT2D eigenvalue weighted by Crippen LogP contribution is -2.62. The summed E-state index contributed by atoms with van der Waals surface area (Å²) < 4.78 is 11.5. The molecule has 1 aliphatic heterocycles. The van der Waals surface area contributed by atoms with Crippen molar-refractivity contribution >= 4 is 5.97 Å². The third-order valence-corrected chi connectivity index (χ3v) is 7.30. The molecule has 0 unspecified atom stereocenters. The second-order valence-corrected chi connectivity index (χ2v) is 8.44. The number of fused-ring (bicyclic) bond motifs is 2. The fourth-order valence-electron chi connectivity index (χ4n) is 5.37. The molecule has 3 aliphatic rings. The molecule has 2 saturated carbocycles. The summed E-state index contributed by atoms with van der Waals surface area (Å²) in [5, 5.41) is 22.6. The number of carbonyl (C=O) groups excluding carboxylic acids is 1. The minimum absolute atomic E-state index is 0.00482. The lowest BCUT2D eigenvalue weighted by atomic mass is 9.55. The van der Waals surface area contributed by atoms with Crippen molar-refractivity contribution in [3.8, 4) is 0 Å². The molecule has 3 fully saturated rings. The first-order valence-electron chi connectivity index (χ1n) is 9.01. The average molecular weight is 338 g/mol. The van der Waals surface area contributed by atoms with E-state index in [2.05, 4.69) is 0 Å². The van der Waals surface area contributed by atoms with Gasteiger partial charge in [-0.3, -0.25) is 0 Å². The van der Waals surface area contributed by atoms with Gasteiger partial charge in [0.1, 0.15) is 12.2 Å². The lowest BCUT2D eigenvalue weighted by Gasteiger charge is -2.54. The van der Waals surface area contributed by atoms with Crippen molar-refractivity contribution in [3.63, 3.8) is 0 Å². The highest BCUT2D eigenvalue weighted by atomic mass is 16.6. The molecule has 7 atom stereocenters. The van der Waals surface area contributed by atoms with E-state index in [0.29, 0.717) is 19.3 Å². The maximum atomic E-state index is 12.1. The van der Waals surface area contributed by atoms with Gasteiger partial charge >= 0.3 is 5.97 Å². The van der Waals surface area contributed by atoms with E-state index in [4.69, 9.17) is 9.47 Å². The summed E-state index contributed by atoms with van der Waals surface area (Å²) in [6.07, 6.45) is 3.37. The molecule has 1 heterocycles. The standard InChI is InChI=1S/C19H30O5/c1-6-7-14(20)24-13-10-12-15(23-12)16(21)17(4)8-9-19(22,11(2)3)18(13,17)5/h6-7,11-13,15-16,21-22H,8-10H2,1-5H3/b7-6+/t12-,13+,15-,16-,17-,18-,19-/m0/s1. The largest absolute Gasteiger partial charge is 0.458 e. The number of ether oxygens (including phenoxy) is 2. The van der Waals surface area contributed by atoms with Gasteiger partial charge in [-0.25, -0.2) is 4.79 Å². The normalized spacial score (nSPS) is 50.5. The molecule has 0 amide bonds. The monoisotopic (exact) mass is 338 g/mol. The number of esters is 1. The summed E-state index contributed by atoms with van der Waals surface area (Å²) in [6, 6.07) is 0. The summed E-state index contributed by atoms with van der Waals surface area (Å²) in [4.78, 5) is 12.1. The van der Waals surface area contributed by atoms with Gasteiger partial charge in [-0.1, -0.05) is 33.8 Å². The van der Waals surface area contributed by atoms with Crippen molar-refractivity contribution in [2.45, 2.75) is 83.9 Å². The molecule has 24 heavy (non-hydrogen) atoms. The number of rotatable bonds is 3. The third kappa shape index (κ3) is 2.14. The molecule has 0 radical (unpaired) electrons. The Morgan fingerprint density at radius 3 is 2.58 bits per heavy atom. The van der Waals surface area contributed by atoms with Crippen LogP contribution in [0, 0.1) is 16.7 Å². The van der Waals surface area contributed by atoms with Gasteiger partial charge < -0.3 is 19.7 Å². The van der Waals surface area contributed by atoms with Crippen LogP contribution >= 0.6 is 0 Å². The van der Waals surface area contributed by atoms with Crippen molar-refractivity contribution in [1.29, 1.82) is 0 Å². The van der Waals surface area contributed by atoms with E-state index in [0.717, 1.165) is 0 Å². The van der Waals surface area contributed by atoms with Crippen LogP contribution in [0.4, 0.5) is 0 Å². The molecule has 0 aromatic rings. The van der Waals surface area contributed by atoms with Gasteiger partial charge in [0.2, 0.25) is 0 Å². The number of hydrogen-bond donors (Lipinski definition) is 2. The maximum Gasteiger partial charge on any atom is 0.330 e. The van der Waals surface area contributed by atoms with Gasteiger partial charge in [0.15, 0.2) is 0 Å². The topological polar surface area (TPSA) is 79.3 Å². The van der Waals surface area contributed by atoms with Gasteiger partial charge in [-0.05, 0) is 25.7 Å². The van der Waals surface area contributed by atoms with Crippen LogP contribution in [0.15, 0.2) is 12.2 Å². The van der Waals surface area contributed by atoms with E-state index in [1.165, 1.54) is 6.08 Å². The van der Waals surface area contributed by atoms with Crippen molar-refractivity contribution in [2.24, 2.45) is 16.7 Å². The van der Waals surface area contributed by atoms with Gasteiger partial charge in [-0.15, -0.1) is 0 Å². The first-order chi connectivity index (χ1) is 11.1. The van der Waals surface area contributed by atoms with E-state index >= 15 is 0 Å². The number of aliphatic hydroxyl groups excluding tert-OH is 1. The Morgan fingerprint density at radius 2 is 2.00 bits per heavy atom. The highest BCUT2D eigenvalue weighted by Crippen LogP contribution is 2.68. The Hall–Kier alpha value is -0.910. The molecular weight excluding hydrogens is 308 g/mol. The predicted octanol–water partition coefficient (Wildman–Crippen LogP) is 2.20. The lowest BCUT2D eigenvalue weighted by molar-refractivity contribution is -0.213. The Kier molecular flexibility index (Phi) is 4.14. The van der Waals surface area contributed by atoms with Crippen molar-refractivity contribution in [1.82, 2.24) is 0 Å². The predicted molar refractivity (Wildman–Crippen MR) is 89.2 cm³/mol. The zero-order valence-electron chi connectivity index (χ0n) is 15.3. The summed E-state index contributed by atoms with van der Waals surface area (Å²) in [6.45, 7) is 9.76. The molecule has 0 bridgehead atoms. The van der Waals surface area contributed by atoms with Crippen LogP contribution in [-0.2, 0) is 14.3 Å². The van der Waals surface area contributed by atoms with E-state index in [1.807, 2.05) is 27.7 Å². The van der Waals surface area contributed by atoms with Crippen molar-refractivity contribution < 1.29 is 24.5 Å². The quantitative estimate of drug-likeness (QED) is 0.468. The smallest absolute Gasteiger partial charge is 0.330 e. The second-order valence-electron chi connectivity index (χ2n) is 8.44. The fourth-order valence-corrected chi connectivity index (χ4v) is 5.37. The van der Waals surface area contributed by atoms with Crippen LogP contribution < -0.4 is 0 Å². The Balaban J connectivity index is 2.07. The van der Waals surface area contributed by atoms with E-state index in [-0.39, 0.29) is 18.1 Å². The average Bonchev–Trinajstić information content (AvgIpc) is 3.24. The summed E-state index contributed by atoms with van der Waals surface area (Å²) in [5.41, 5.74) is -2.30. The molecule has 2 N–H and O–H groups in total. The van der Waals surface area contributed by atoms with Crippen molar-refractivity contribution in [2.75, 3.05) is 0 Å². The van der Waals surface area contributed by atoms with Crippen molar-refractivity contribution in [3.05, 3.63) is 12.2 Å². The summed E-state index contributed by atoms with van der Waals surface area (Å²) in [5.74, 6) is -0.410. The van der Waals surface area contributed by atoms with Gasteiger partial charge in [0.05, 0.1) is 17.8 Å². The van der Waals surface area contributed by atoms with Crippen LogP contribution in [0.25, 0.3) is 0 Å². The molecule has 0 aromatic heterocycles. The molecule has 136 valence electrons. The van der Waals surface area contributed by atoms with E-state index in [9.17, 15) is 15.0 Å². The highest BCUT2D eigenvalue weighted by molar-refractivity contribution is 5.82. The van der Waals surface area contributed by atoms with E-state index < -0.39 is 34.6 Å². The van der Waals surface area contributed by atoms with Crippen LogP contribution in [-0.4, -0.2) is 46.2 Å². The van der Waals surface area contributed by atoms with Crippen LogP contribution in [0.5, 0.6) is 0 Å². The minimum Gasteiger partial charge on any atom is -0.458 e. The zero-order chi connectivity index (χ0) is 17.9. The number of aliphatic hydroxyl groups is 2. The first kappa shape index (κ1) is 17.9. The maximum absolute atomic E-state index is 12.1. The minimum atomic E-state index is -1.000. The molecule has 0 aromatic carbocycles. The van der Waals surface area contributed by atoms with E-state index in [1.54, 1.807) is 13.0 Å². The molecular formula is C19H30O5. The molecule has 5 heteroatoms. The van der Waals surface area contributed by atoms with Gasteiger partial charge in [-0.2, -0.15) is 0 Å².